The molecule has 0 spiro atoms. The van der Waals surface area contributed by atoms with Gasteiger partial charge in [-0.2, -0.15) is 13.2 Å². The zero-order valence-electron chi connectivity index (χ0n) is 20.7. The van der Waals surface area contributed by atoms with E-state index in [4.69, 9.17) is 9.47 Å². The molecule has 0 saturated heterocycles. The van der Waals surface area contributed by atoms with Crippen LogP contribution in [0, 0.1) is 13.8 Å². The summed E-state index contributed by atoms with van der Waals surface area (Å²) in [6.45, 7) is 3.78. The van der Waals surface area contributed by atoms with Crippen molar-refractivity contribution >= 4 is 0 Å². The number of rotatable bonds is 7. The fourth-order valence-corrected chi connectivity index (χ4v) is 3.38. The second-order valence-corrected chi connectivity index (χ2v) is 8.32. The van der Waals surface area contributed by atoms with Crippen LogP contribution < -0.4 is 20.3 Å². The molecule has 2 aromatic carbocycles. The van der Waals surface area contributed by atoms with Crippen molar-refractivity contribution in [1.82, 2.24) is 9.97 Å². The lowest BCUT2D eigenvalue weighted by atomic mass is 10.1. The number of aromatic nitrogens is 2. The van der Waals surface area contributed by atoms with Crippen LogP contribution in [0.2, 0.25) is 0 Å². The molecule has 2 heterocycles. The van der Waals surface area contributed by atoms with E-state index in [1.54, 1.807) is 30.5 Å². The number of ether oxygens (including phenoxy) is 2. The Labute approximate surface area is 216 Å². The Morgan fingerprint density at radius 3 is 1.79 bits per heavy atom. The van der Waals surface area contributed by atoms with Gasteiger partial charge >= 0.3 is 6.18 Å². The Morgan fingerprint density at radius 2 is 1.29 bits per heavy atom. The second-order valence-electron chi connectivity index (χ2n) is 8.32. The van der Waals surface area contributed by atoms with Gasteiger partial charge < -0.3 is 24.5 Å². The number of hydrogen-bond donors (Lipinski definition) is 3. The van der Waals surface area contributed by atoms with Crippen molar-refractivity contribution in [3.05, 3.63) is 128 Å². The minimum Gasteiger partial charge on any atom is -0.483 e. The molecule has 200 valence electrons. The lowest BCUT2D eigenvalue weighted by molar-refractivity contribution is -0.207. The van der Waals surface area contributed by atoms with Crippen molar-refractivity contribution in [2.45, 2.75) is 39.3 Å². The van der Waals surface area contributed by atoms with Gasteiger partial charge in [-0.1, -0.05) is 60.7 Å². The number of H-pyrrole nitrogens is 2. The van der Waals surface area contributed by atoms with Crippen LogP contribution in [0.15, 0.2) is 88.7 Å². The monoisotopic (exact) mass is 528 g/mol. The maximum Gasteiger partial charge on any atom is 0.418 e. The number of hydrogen-bond acceptors (Lipinski definition) is 5. The first-order valence-electron chi connectivity index (χ1n) is 11.6. The maximum absolute atomic E-state index is 12.6. The lowest BCUT2D eigenvalue weighted by Gasteiger charge is -2.16. The fourth-order valence-electron chi connectivity index (χ4n) is 3.38. The summed E-state index contributed by atoms with van der Waals surface area (Å²) in [5.41, 5.74) is 1.00. The molecule has 2 aromatic heterocycles. The van der Waals surface area contributed by atoms with Gasteiger partial charge in [-0.25, -0.2) is 0 Å². The van der Waals surface area contributed by atoms with E-state index < -0.39 is 23.3 Å². The number of pyridine rings is 2. The molecule has 0 aliphatic carbocycles. The van der Waals surface area contributed by atoms with Gasteiger partial charge in [0.15, 0.2) is 17.6 Å². The van der Waals surface area contributed by atoms with Gasteiger partial charge in [0.25, 0.3) is 0 Å². The van der Waals surface area contributed by atoms with Crippen LogP contribution in [-0.2, 0) is 13.2 Å². The molecular formula is C28H27F3N2O5. The number of aliphatic hydroxyl groups is 1. The van der Waals surface area contributed by atoms with Crippen molar-refractivity contribution in [3.63, 3.8) is 0 Å². The molecule has 3 N–H and O–H groups in total. The first kappa shape index (κ1) is 28.3. The van der Waals surface area contributed by atoms with Crippen LogP contribution in [0.5, 0.6) is 11.5 Å². The average Bonchev–Trinajstić information content (AvgIpc) is 2.89. The van der Waals surface area contributed by atoms with E-state index >= 15 is 0 Å². The SMILES string of the molecule is Cc1[nH]cc(C(O)C(F)(F)F)c(=O)c1OCc1ccccc1.Cc1[nH]ccc(=O)c1OCc1ccccc1. The van der Waals surface area contributed by atoms with E-state index in [1.165, 1.54) is 13.0 Å². The molecule has 0 fully saturated rings. The topological polar surface area (TPSA) is 104 Å². The second kappa shape index (κ2) is 12.8. The van der Waals surface area contributed by atoms with E-state index in [-0.39, 0.29) is 17.8 Å². The highest BCUT2D eigenvalue weighted by atomic mass is 19.4. The third-order valence-electron chi connectivity index (χ3n) is 5.41. The normalized spacial score (nSPS) is 11.7. The molecule has 38 heavy (non-hydrogen) atoms. The zero-order chi connectivity index (χ0) is 27.7. The van der Waals surface area contributed by atoms with Gasteiger partial charge in [0.05, 0.1) is 17.0 Å². The Kier molecular flexibility index (Phi) is 9.50. The molecule has 0 saturated carbocycles. The van der Waals surface area contributed by atoms with Crippen molar-refractivity contribution in [3.8, 4) is 11.5 Å². The van der Waals surface area contributed by atoms with Crippen molar-refractivity contribution in [2.24, 2.45) is 0 Å². The van der Waals surface area contributed by atoms with Crippen LogP contribution >= 0.6 is 0 Å². The molecule has 1 unspecified atom stereocenters. The Bertz CT molecular complexity index is 1440. The minimum atomic E-state index is -4.92. The van der Waals surface area contributed by atoms with Crippen LogP contribution in [0.25, 0.3) is 0 Å². The molecule has 1 atom stereocenters. The van der Waals surface area contributed by atoms with Gasteiger partial charge in [0, 0.05) is 18.5 Å². The number of aromatic amines is 2. The Hall–Kier alpha value is -4.31. The van der Waals surface area contributed by atoms with Crippen molar-refractivity contribution in [2.75, 3.05) is 0 Å². The summed E-state index contributed by atoms with van der Waals surface area (Å²) in [7, 11) is 0. The highest BCUT2D eigenvalue weighted by Crippen LogP contribution is 2.31. The zero-order valence-corrected chi connectivity index (χ0v) is 20.7. The van der Waals surface area contributed by atoms with Crippen LogP contribution in [0.1, 0.15) is 34.2 Å². The van der Waals surface area contributed by atoms with Crippen LogP contribution in [-0.4, -0.2) is 21.3 Å². The van der Waals surface area contributed by atoms with Crippen LogP contribution in [0.4, 0.5) is 13.2 Å². The molecule has 0 aliphatic heterocycles. The van der Waals surface area contributed by atoms with Gasteiger partial charge in [-0.05, 0) is 25.0 Å². The van der Waals surface area contributed by atoms with E-state index in [9.17, 15) is 27.9 Å². The molecular weight excluding hydrogens is 501 g/mol. The number of alkyl halides is 3. The average molecular weight is 529 g/mol. The fraction of sp³-hybridized carbons (Fsp3) is 0.214. The first-order valence-corrected chi connectivity index (χ1v) is 11.6. The first-order chi connectivity index (χ1) is 18.1. The summed E-state index contributed by atoms with van der Waals surface area (Å²) in [4.78, 5) is 29.1. The van der Waals surface area contributed by atoms with Crippen molar-refractivity contribution in [1.29, 1.82) is 0 Å². The molecule has 4 rings (SSSR count). The van der Waals surface area contributed by atoms with Crippen molar-refractivity contribution < 1.29 is 27.8 Å². The third-order valence-corrected chi connectivity index (χ3v) is 5.41. The summed E-state index contributed by atoms with van der Waals surface area (Å²) < 4.78 is 48.5. The van der Waals surface area contributed by atoms with Crippen LogP contribution in [0.3, 0.4) is 0 Å². The van der Waals surface area contributed by atoms with E-state index in [0.29, 0.717) is 18.1 Å². The molecule has 7 nitrogen and oxygen atoms in total. The molecule has 10 heteroatoms. The van der Waals surface area contributed by atoms with Gasteiger partial charge in [0.1, 0.15) is 13.2 Å². The molecule has 0 aliphatic rings. The Morgan fingerprint density at radius 1 is 0.789 bits per heavy atom. The lowest BCUT2D eigenvalue weighted by Crippen LogP contribution is -2.27. The highest BCUT2D eigenvalue weighted by molar-refractivity contribution is 5.33. The predicted molar refractivity (Wildman–Crippen MR) is 136 cm³/mol. The van der Waals surface area contributed by atoms with Gasteiger partial charge in [-0.3, -0.25) is 9.59 Å². The minimum absolute atomic E-state index is 0.0380. The summed E-state index contributed by atoms with van der Waals surface area (Å²) in [5, 5.41) is 9.24. The number of aliphatic hydroxyl groups excluding tert-OH is 1. The van der Waals surface area contributed by atoms with Gasteiger partial charge in [-0.15, -0.1) is 0 Å². The molecule has 4 aromatic rings. The molecule has 0 amide bonds. The predicted octanol–water partition coefficient (Wildman–Crippen LogP) is 5.12. The quantitative estimate of drug-likeness (QED) is 0.309. The van der Waals surface area contributed by atoms with E-state index in [2.05, 4.69) is 9.97 Å². The smallest absolute Gasteiger partial charge is 0.418 e. The summed E-state index contributed by atoms with van der Waals surface area (Å²) in [5.74, 6) is 0.163. The number of nitrogens with one attached hydrogen (secondary N) is 2. The van der Waals surface area contributed by atoms with E-state index in [1.807, 2.05) is 43.3 Å². The van der Waals surface area contributed by atoms with Gasteiger partial charge in [0.2, 0.25) is 10.9 Å². The summed E-state index contributed by atoms with van der Waals surface area (Å²) in [6, 6.07) is 20.1. The number of aryl methyl sites for hydroxylation is 2. The number of benzene rings is 2. The maximum atomic E-state index is 12.6. The molecule has 0 bridgehead atoms. The largest absolute Gasteiger partial charge is 0.483 e. The molecule has 0 radical (unpaired) electrons. The number of halogens is 3. The summed E-state index contributed by atoms with van der Waals surface area (Å²) >= 11 is 0. The highest BCUT2D eigenvalue weighted by Gasteiger charge is 2.41. The van der Waals surface area contributed by atoms with E-state index in [0.717, 1.165) is 23.0 Å². The summed E-state index contributed by atoms with van der Waals surface area (Å²) in [6.07, 6.45) is -5.30. The third kappa shape index (κ3) is 7.59. The Balaban J connectivity index is 0.000000221. The standard InChI is InChI=1S/C15H14F3NO3.C13H13NO2/c1-9-13(22-8-10-5-3-2-4-6-10)12(20)11(7-19-9)14(21)15(16,17)18;1-10-13(12(15)7-8-14-10)16-9-11-5-3-2-4-6-11/h2-7,14,21H,8H2,1H3,(H,19,20);2-8H,9H2,1H3,(H,14,15).